The van der Waals surface area contributed by atoms with Crippen molar-refractivity contribution in [3.05, 3.63) is 70.8 Å². The van der Waals surface area contributed by atoms with Crippen LogP contribution >= 0.6 is 0 Å². The molecule has 3 aliphatic rings. The fourth-order valence-electron chi connectivity index (χ4n) is 5.82. The Morgan fingerprint density at radius 3 is 2.66 bits per heavy atom. The average molecular weight is 434 g/mol. The lowest BCUT2D eigenvalue weighted by Gasteiger charge is -2.45. The van der Waals surface area contributed by atoms with Gasteiger partial charge >= 0.3 is 0 Å². The number of amides is 2. The molecule has 1 aliphatic carbocycles. The Balaban J connectivity index is 1.62. The van der Waals surface area contributed by atoms with Gasteiger partial charge in [-0.25, -0.2) is 0 Å². The molecule has 3 heterocycles. The Kier molecular flexibility index (Phi) is 5.53. The predicted octanol–water partition coefficient (Wildman–Crippen LogP) is 3.73. The number of hydrogen-bond acceptors (Lipinski definition) is 4. The van der Waals surface area contributed by atoms with Crippen LogP contribution in [0.2, 0.25) is 0 Å². The van der Waals surface area contributed by atoms with Gasteiger partial charge in [-0.05, 0) is 43.0 Å². The second kappa shape index (κ2) is 8.49. The Bertz CT molecular complexity index is 1040. The Morgan fingerprint density at radius 2 is 1.91 bits per heavy atom. The van der Waals surface area contributed by atoms with E-state index in [4.69, 9.17) is 4.42 Å². The minimum absolute atomic E-state index is 0.0532. The molecule has 2 amide bonds. The zero-order valence-electron chi connectivity index (χ0n) is 18.8. The summed E-state index contributed by atoms with van der Waals surface area (Å²) in [5.74, 6) is 0.854. The normalized spacial score (nSPS) is 25.3. The number of carbonyl (C=O) groups excluding carboxylic acids is 2. The molecule has 2 aliphatic heterocycles. The summed E-state index contributed by atoms with van der Waals surface area (Å²) >= 11 is 0. The minimum Gasteiger partial charge on any atom is -0.469 e. The molecular formula is C26H31N3O3. The van der Waals surface area contributed by atoms with Crippen LogP contribution in [0.15, 0.2) is 58.3 Å². The molecule has 6 heteroatoms. The summed E-state index contributed by atoms with van der Waals surface area (Å²) in [6.07, 6.45) is 6.84. The zero-order valence-corrected chi connectivity index (χ0v) is 18.8. The van der Waals surface area contributed by atoms with E-state index in [0.717, 1.165) is 53.8 Å². The highest BCUT2D eigenvalue weighted by atomic mass is 16.3. The van der Waals surface area contributed by atoms with Crippen molar-refractivity contribution in [1.82, 2.24) is 15.1 Å². The van der Waals surface area contributed by atoms with Gasteiger partial charge in [-0.3, -0.25) is 9.59 Å². The number of likely N-dealkylation sites (N-methyl/N-ethyl adjacent to an activating group) is 1. The minimum atomic E-state index is -0.367. The van der Waals surface area contributed by atoms with Gasteiger partial charge in [0.1, 0.15) is 5.76 Å². The third-order valence-electron chi connectivity index (χ3n) is 7.43. The predicted molar refractivity (Wildman–Crippen MR) is 122 cm³/mol. The first kappa shape index (κ1) is 20.9. The summed E-state index contributed by atoms with van der Waals surface area (Å²) in [6.45, 7) is 2.60. The highest BCUT2D eigenvalue weighted by Gasteiger charge is 2.48. The molecule has 0 spiro atoms. The maximum Gasteiger partial charge on any atom is 0.251 e. The molecule has 0 saturated heterocycles. The number of rotatable bonds is 4. The van der Waals surface area contributed by atoms with E-state index in [9.17, 15) is 9.59 Å². The van der Waals surface area contributed by atoms with Crippen LogP contribution in [0, 0.1) is 6.92 Å². The van der Waals surface area contributed by atoms with E-state index in [1.54, 1.807) is 6.26 Å². The van der Waals surface area contributed by atoms with Crippen LogP contribution in [0.1, 0.15) is 55.0 Å². The van der Waals surface area contributed by atoms with Crippen LogP contribution in [0.25, 0.3) is 0 Å². The van der Waals surface area contributed by atoms with Gasteiger partial charge in [-0.2, -0.15) is 0 Å². The number of furan rings is 1. The molecular weight excluding hydrogens is 402 g/mol. The highest BCUT2D eigenvalue weighted by Crippen LogP contribution is 2.44. The van der Waals surface area contributed by atoms with E-state index in [2.05, 4.69) is 41.2 Å². The van der Waals surface area contributed by atoms with E-state index in [1.165, 1.54) is 0 Å². The van der Waals surface area contributed by atoms with Gasteiger partial charge in [0.15, 0.2) is 0 Å². The third kappa shape index (κ3) is 3.51. The van der Waals surface area contributed by atoms with E-state index in [-0.39, 0.29) is 29.9 Å². The molecule has 1 N–H and O–H groups in total. The molecule has 1 aromatic heterocycles. The number of aryl methyl sites for hydroxylation is 2. The van der Waals surface area contributed by atoms with Crippen molar-refractivity contribution in [2.75, 3.05) is 13.6 Å². The third-order valence-corrected chi connectivity index (χ3v) is 7.43. The van der Waals surface area contributed by atoms with Crippen molar-refractivity contribution in [3.63, 3.8) is 0 Å². The molecule has 0 bridgehead atoms. The van der Waals surface area contributed by atoms with Gasteiger partial charge in [-0.15, -0.1) is 0 Å². The van der Waals surface area contributed by atoms with Crippen LogP contribution in [-0.4, -0.2) is 47.3 Å². The molecule has 0 radical (unpaired) electrons. The fraction of sp³-hybridized carbons (Fsp3) is 0.462. The fourth-order valence-corrected chi connectivity index (χ4v) is 5.82. The summed E-state index contributed by atoms with van der Waals surface area (Å²) < 4.78 is 5.48. The lowest BCUT2D eigenvalue weighted by Crippen LogP contribution is -2.54. The van der Waals surface area contributed by atoms with Crippen LogP contribution in [0.5, 0.6) is 0 Å². The first-order chi connectivity index (χ1) is 15.6. The molecule has 3 atom stereocenters. The van der Waals surface area contributed by atoms with E-state index < -0.39 is 0 Å². The Morgan fingerprint density at radius 1 is 1.12 bits per heavy atom. The van der Waals surface area contributed by atoms with Gasteiger partial charge in [0.25, 0.3) is 5.91 Å². The van der Waals surface area contributed by atoms with Gasteiger partial charge in [0.05, 0.1) is 30.5 Å². The number of nitrogens with zero attached hydrogens (tertiary/aromatic N) is 2. The van der Waals surface area contributed by atoms with Crippen molar-refractivity contribution in [1.29, 1.82) is 0 Å². The molecule has 1 saturated carbocycles. The number of benzene rings is 1. The molecule has 2 aromatic rings. The lowest BCUT2D eigenvalue weighted by atomic mass is 9.86. The molecule has 32 heavy (non-hydrogen) atoms. The maximum atomic E-state index is 13.9. The molecule has 1 aromatic carbocycles. The van der Waals surface area contributed by atoms with Crippen LogP contribution in [0.4, 0.5) is 0 Å². The van der Waals surface area contributed by atoms with Crippen molar-refractivity contribution in [2.24, 2.45) is 0 Å². The summed E-state index contributed by atoms with van der Waals surface area (Å²) in [7, 11) is 2.10. The Labute approximate surface area is 189 Å². The van der Waals surface area contributed by atoms with Gasteiger partial charge in [-0.1, -0.05) is 37.1 Å². The van der Waals surface area contributed by atoms with Crippen LogP contribution in [-0.2, 0) is 16.0 Å². The van der Waals surface area contributed by atoms with E-state index >= 15 is 0 Å². The second-order valence-corrected chi connectivity index (χ2v) is 9.21. The number of nitrogens with one attached hydrogen (secondary N) is 1. The average Bonchev–Trinajstić information content (AvgIpc) is 3.44. The molecule has 5 rings (SSSR count). The van der Waals surface area contributed by atoms with Crippen molar-refractivity contribution >= 4 is 11.8 Å². The number of fused-ring (bicyclic) bond motifs is 1. The number of hydrogen-bond donors (Lipinski definition) is 1. The Hall–Kier alpha value is -3.02. The van der Waals surface area contributed by atoms with Gasteiger partial charge in [0.2, 0.25) is 5.91 Å². The second-order valence-electron chi connectivity index (χ2n) is 9.21. The molecule has 6 nitrogen and oxygen atoms in total. The molecule has 0 unspecified atom stereocenters. The largest absolute Gasteiger partial charge is 0.469 e. The van der Waals surface area contributed by atoms with E-state index in [0.29, 0.717) is 19.4 Å². The van der Waals surface area contributed by atoms with Gasteiger partial charge < -0.3 is 19.5 Å². The van der Waals surface area contributed by atoms with Crippen molar-refractivity contribution < 1.29 is 14.0 Å². The smallest absolute Gasteiger partial charge is 0.251 e. The molecule has 1 fully saturated rings. The van der Waals surface area contributed by atoms with Crippen LogP contribution in [0.3, 0.4) is 0 Å². The monoisotopic (exact) mass is 433 g/mol. The lowest BCUT2D eigenvalue weighted by molar-refractivity contribution is -0.138. The summed E-state index contributed by atoms with van der Waals surface area (Å²) in [5.41, 5.74) is 3.93. The summed E-state index contributed by atoms with van der Waals surface area (Å²) in [5, 5.41) is 3.04. The van der Waals surface area contributed by atoms with Crippen molar-refractivity contribution in [3.8, 4) is 0 Å². The van der Waals surface area contributed by atoms with Crippen molar-refractivity contribution in [2.45, 2.75) is 63.6 Å². The highest BCUT2D eigenvalue weighted by molar-refractivity contribution is 5.99. The standard InChI is InChI=1S/C26H31N3O3/c1-17-8-3-4-10-19(17)25-24-22(16-27-26(24)31)28(2)20-11-5-6-12-21(20)29(25)23(30)14-13-18-9-7-15-32-18/h3-4,7-10,15,20-21,25H,5-6,11-14,16H2,1-2H3,(H,27,31)/t20-,21-,25-/m1/s1. The first-order valence-electron chi connectivity index (χ1n) is 11.7. The zero-order chi connectivity index (χ0) is 22.2. The SMILES string of the molecule is Cc1ccccc1[C@@H]1C2=C(CNC2=O)N(C)[C@@H]2CCCC[C@H]2N1C(=O)CCc1ccco1. The summed E-state index contributed by atoms with van der Waals surface area (Å²) in [6, 6.07) is 11.9. The van der Waals surface area contributed by atoms with Crippen LogP contribution < -0.4 is 5.32 Å². The maximum absolute atomic E-state index is 13.9. The number of carbonyl (C=O) groups is 2. The van der Waals surface area contributed by atoms with Gasteiger partial charge in [0, 0.05) is 31.6 Å². The first-order valence-corrected chi connectivity index (χ1v) is 11.7. The van der Waals surface area contributed by atoms with E-state index in [1.807, 2.05) is 24.3 Å². The summed E-state index contributed by atoms with van der Waals surface area (Å²) in [4.78, 5) is 31.4. The molecule has 168 valence electrons. The topological polar surface area (TPSA) is 65.8 Å². The quantitative estimate of drug-likeness (QED) is 0.798.